The first-order valence-corrected chi connectivity index (χ1v) is 8.20. The molecule has 0 aliphatic carbocycles. The fraction of sp³-hybridized carbons (Fsp3) is 0.500. The van der Waals surface area contributed by atoms with Gasteiger partial charge in [0.25, 0.3) is 0 Å². The molecule has 1 saturated heterocycles. The van der Waals surface area contributed by atoms with Gasteiger partial charge < -0.3 is 15.2 Å². The van der Waals surface area contributed by atoms with Crippen molar-refractivity contribution >= 4 is 12.0 Å². The van der Waals surface area contributed by atoms with Gasteiger partial charge in [0.15, 0.2) is 0 Å². The molecule has 23 heavy (non-hydrogen) atoms. The summed E-state index contributed by atoms with van der Waals surface area (Å²) in [4.78, 5) is 13.6. The largest absolute Gasteiger partial charge is 0.489 e. The minimum absolute atomic E-state index is 0.0810. The number of likely N-dealkylation sites (tertiary alicyclic amines) is 1. The maximum absolute atomic E-state index is 11.2. The number of rotatable bonds is 3. The minimum Gasteiger partial charge on any atom is -0.489 e. The van der Waals surface area contributed by atoms with E-state index in [2.05, 4.69) is 22.4 Å². The van der Waals surface area contributed by atoms with Gasteiger partial charge in [-0.1, -0.05) is 18.2 Å². The van der Waals surface area contributed by atoms with Gasteiger partial charge in [0, 0.05) is 32.1 Å². The normalized spacial score (nSPS) is 24.9. The molecule has 5 nitrogen and oxygen atoms in total. The predicted molar refractivity (Wildman–Crippen MR) is 89.2 cm³/mol. The molecular weight excluding hydrogens is 292 g/mol. The molecule has 124 valence electrons. The Morgan fingerprint density at radius 2 is 2.13 bits per heavy atom. The first kappa shape index (κ1) is 16.0. The van der Waals surface area contributed by atoms with Crippen LogP contribution in [0.25, 0.3) is 6.08 Å². The van der Waals surface area contributed by atoms with E-state index in [1.54, 1.807) is 0 Å². The molecule has 0 unspecified atom stereocenters. The van der Waals surface area contributed by atoms with Crippen molar-refractivity contribution in [1.82, 2.24) is 10.2 Å². The molecule has 0 radical (unpaired) electrons. The molecule has 0 saturated carbocycles. The van der Waals surface area contributed by atoms with Gasteiger partial charge in [-0.25, -0.2) is 0 Å². The summed E-state index contributed by atoms with van der Waals surface area (Å²) in [6.07, 6.45) is 3.17. The van der Waals surface area contributed by atoms with Gasteiger partial charge in [0.2, 0.25) is 5.91 Å². The van der Waals surface area contributed by atoms with E-state index >= 15 is 0 Å². The molecule has 5 heteroatoms. The molecule has 2 heterocycles. The molecule has 2 N–H and O–H groups in total. The number of hydrogen-bond acceptors (Lipinski definition) is 4. The van der Waals surface area contributed by atoms with Gasteiger partial charge in [-0.2, -0.15) is 0 Å². The van der Waals surface area contributed by atoms with Gasteiger partial charge in [-0.05, 0) is 30.6 Å². The van der Waals surface area contributed by atoms with Crippen molar-refractivity contribution in [2.24, 2.45) is 0 Å². The Hall–Kier alpha value is -1.85. The maximum atomic E-state index is 11.2. The van der Waals surface area contributed by atoms with Crippen molar-refractivity contribution in [1.29, 1.82) is 0 Å². The van der Waals surface area contributed by atoms with E-state index in [0.717, 1.165) is 37.4 Å². The topological polar surface area (TPSA) is 61.8 Å². The molecule has 2 aliphatic heterocycles. The van der Waals surface area contributed by atoms with Crippen LogP contribution in [0.15, 0.2) is 29.8 Å². The third-order valence-electron chi connectivity index (χ3n) is 4.47. The molecule has 3 rings (SSSR count). The predicted octanol–water partition coefficient (Wildman–Crippen LogP) is 1.42. The van der Waals surface area contributed by atoms with Crippen LogP contribution < -0.4 is 10.1 Å². The number of nitrogens with one attached hydrogen (secondary N) is 1. The number of nitrogens with zero attached hydrogens (tertiary/aromatic N) is 1. The number of para-hydroxylation sites is 1. The number of ether oxygens (including phenoxy) is 1. The highest BCUT2D eigenvalue weighted by molar-refractivity contribution is 5.73. The number of benzene rings is 1. The summed E-state index contributed by atoms with van der Waals surface area (Å²) in [5, 5.41) is 13.0. The second-order valence-electron chi connectivity index (χ2n) is 6.36. The first-order valence-electron chi connectivity index (χ1n) is 8.20. The molecule has 2 atom stereocenters. The fourth-order valence-corrected chi connectivity index (χ4v) is 3.27. The highest BCUT2D eigenvalue weighted by Crippen LogP contribution is 2.26. The lowest BCUT2D eigenvalue weighted by atomic mass is 10.1. The zero-order chi connectivity index (χ0) is 16.2. The van der Waals surface area contributed by atoms with Crippen LogP contribution >= 0.6 is 0 Å². The lowest BCUT2D eigenvalue weighted by Crippen LogP contribution is -2.42. The summed E-state index contributed by atoms with van der Waals surface area (Å²) in [5.41, 5.74) is 2.37. The molecule has 2 aliphatic rings. The lowest BCUT2D eigenvalue weighted by molar-refractivity contribution is -0.120. The Morgan fingerprint density at radius 1 is 1.35 bits per heavy atom. The second-order valence-corrected chi connectivity index (χ2v) is 6.36. The van der Waals surface area contributed by atoms with Crippen molar-refractivity contribution in [3.05, 3.63) is 35.4 Å². The molecule has 0 spiro atoms. The van der Waals surface area contributed by atoms with Gasteiger partial charge >= 0.3 is 0 Å². The molecule has 1 fully saturated rings. The number of carbonyl (C=O) groups is 1. The summed E-state index contributed by atoms with van der Waals surface area (Å²) in [7, 11) is 0. The number of carbonyl (C=O) groups excluding carboxylic acids is 1. The zero-order valence-electron chi connectivity index (χ0n) is 13.5. The first-order chi connectivity index (χ1) is 11.1. The van der Waals surface area contributed by atoms with E-state index in [1.807, 2.05) is 18.2 Å². The smallest absolute Gasteiger partial charge is 0.217 e. The Labute approximate surface area is 136 Å². The number of amides is 1. The van der Waals surface area contributed by atoms with Gasteiger partial charge in [0.05, 0.1) is 12.1 Å². The Bertz CT molecular complexity index is 600. The van der Waals surface area contributed by atoms with E-state index in [0.29, 0.717) is 13.0 Å². The Balaban J connectivity index is 1.61. The molecule has 1 aromatic carbocycles. The summed E-state index contributed by atoms with van der Waals surface area (Å²) < 4.78 is 5.80. The van der Waals surface area contributed by atoms with Crippen molar-refractivity contribution in [3.63, 3.8) is 0 Å². The molecule has 0 aromatic heterocycles. The van der Waals surface area contributed by atoms with Gasteiger partial charge in [0.1, 0.15) is 12.4 Å². The average molecular weight is 316 g/mol. The lowest BCUT2D eigenvalue weighted by Gasteiger charge is -2.24. The highest BCUT2D eigenvalue weighted by atomic mass is 16.5. The monoisotopic (exact) mass is 316 g/mol. The van der Waals surface area contributed by atoms with Gasteiger partial charge in [-0.3, -0.25) is 9.69 Å². The number of aliphatic hydroxyl groups is 1. The van der Waals surface area contributed by atoms with Crippen LogP contribution in [-0.4, -0.2) is 54.3 Å². The second kappa shape index (κ2) is 7.15. The van der Waals surface area contributed by atoms with Crippen LogP contribution in [-0.2, 0) is 4.79 Å². The molecule has 1 aromatic rings. The van der Waals surface area contributed by atoms with E-state index in [4.69, 9.17) is 4.74 Å². The molecule has 1 amide bonds. The Morgan fingerprint density at radius 3 is 2.96 bits per heavy atom. The average Bonchev–Trinajstić information content (AvgIpc) is 2.70. The minimum atomic E-state index is -0.471. The number of aliphatic hydroxyl groups excluding tert-OH is 1. The maximum Gasteiger partial charge on any atom is 0.217 e. The summed E-state index contributed by atoms with van der Waals surface area (Å²) >= 11 is 0. The third kappa shape index (κ3) is 4.12. The van der Waals surface area contributed by atoms with Crippen LogP contribution in [0.1, 0.15) is 25.3 Å². The summed E-state index contributed by atoms with van der Waals surface area (Å²) in [5.74, 6) is 0.857. The van der Waals surface area contributed by atoms with Crippen molar-refractivity contribution < 1.29 is 14.6 Å². The molecule has 0 bridgehead atoms. The van der Waals surface area contributed by atoms with E-state index in [1.165, 1.54) is 12.5 Å². The summed E-state index contributed by atoms with van der Waals surface area (Å²) in [6, 6.07) is 7.91. The number of hydrogen-bond donors (Lipinski definition) is 2. The van der Waals surface area contributed by atoms with E-state index in [-0.39, 0.29) is 11.9 Å². The van der Waals surface area contributed by atoms with Crippen LogP contribution in [0.4, 0.5) is 0 Å². The van der Waals surface area contributed by atoms with E-state index in [9.17, 15) is 9.90 Å². The zero-order valence-corrected chi connectivity index (χ0v) is 13.5. The van der Waals surface area contributed by atoms with Crippen LogP contribution in [0, 0.1) is 0 Å². The number of fused-ring (bicyclic) bond motifs is 1. The third-order valence-corrected chi connectivity index (χ3v) is 4.47. The van der Waals surface area contributed by atoms with Crippen LogP contribution in [0.3, 0.4) is 0 Å². The standard InChI is InChI=1S/C18H24N2O3/c1-13(21)19-16-6-8-20(9-7-17(16)22)11-14-10-15-4-2-3-5-18(15)23-12-14/h2-5,10,16-17,22H,6-9,11-12H2,1H3,(H,19,21)/t16-,17-/m0/s1. The van der Waals surface area contributed by atoms with Crippen LogP contribution in [0.2, 0.25) is 0 Å². The fourth-order valence-electron chi connectivity index (χ4n) is 3.27. The highest BCUT2D eigenvalue weighted by Gasteiger charge is 2.26. The SMILES string of the molecule is CC(=O)N[C@H]1CCN(CC2=Cc3ccccc3OC2)CC[C@@H]1O. The van der Waals surface area contributed by atoms with Crippen molar-refractivity contribution in [3.8, 4) is 5.75 Å². The molecular formula is C18H24N2O3. The van der Waals surface area contributed by atoms with E-state index < -0.39 is 6.10 Å². The quantitative estimate of drug-likeness (QED) is 0.885. The van der Waals surface area contributed by atoms with Crippen molar-refractivity contribution in [2.75, 3.05) is 26.2 Å². The van der Waals surface area contributed by atoms with Crippen molar-refractivity contribution in [2.45, 2.75) is 31.9 Å². The summed E-state index contributed by atoms with van der Waals surface area (Å²) in [6.45, 7) is 4.65. The Kier molecular flexibility index (Phi) is 4.98. The van der Waals surface area contributed by atoms with Crippen LogP contribution in [0.5, 0.6) is 5.75 Å². The van der Waals surface area contributed by atoms with Gasteiger partial charge in [-0.15, -0.1) is 0 Å².